The molecule has 0 aromatic heterocycles. The highest BCUT2D eigenvalue weighted by molar-refractivity contribution is 14.0. The number of ether oxygens (including phenoxy) is 1. The van der Waals surface area contributed by atoms with Crippen molar-refractivity contribution in [1.29, 1.82) is 0 Å². The highest BCUT2D eigenvalue weighted by atomic mass is 127. The fraction of sp³-hybridized carbons (Fsp3) is 0.895. The van der Waals surface area contributed by atoms with Gasteiger partial charge >= 0.3 is 6.09 Å². The monoisotopic (exact) mass is 495 g/mol. The van der Waals surface area contributed by atoms with Gasteiger partial charge in [-0.05, 0) is 66.5 Å². The van der Waals surface area contributed by atoms with Crippen LogP contribution in [-0.2, 0) is 4.74 Å². The Balaban J connectivity index is 0.00000364. The first kappa shape index (κ1) is 24.3. The van der Waals surface area contributed by atoms with E-state index < -0.39 is 5.60 Å². The number of nitrogens with one attached hydrogen (secondary N) is 2. The lowest BCUT2D eigenvalue weighted by Crippen LogP contribution is -2.44. The average Bonchev–Trinajstić information content (AvgIpc) is 2.97. The van der Waals surface area contributed by atoms with Crippen LogP contribution < -0.4 is 10.6 Å². The van der Waals surface area contributed by atoms with Gasteiger partial charge in [-0.1, -0.05) is 0 Å². The molecule has 0 spiro atoms. The van der Waals surface area contributed by atoms with Crippen LogP contribution in [0.15, 0.2) is 4.99 Å². The zero-order valence-electron chi connectivity index (χ0n) is 17.6. The van der Waals surface area contributed by atoms with Crippen LogP contribution in [-0.4, -0.2) is 79.8 Å². The molecule has 0 saturated carbocycles. The number of rotatable bonds is 4. The van der Waals surface area contributed by atoms with Crippen molar-refractivity contribution >= 4 is 36.0 Å². The third-order valence-corrected chi connectivity index (χ3v) is 4.76. The maximum atomic E-state index is 12.0. The van der Waals surface area contributed by atoms with Crippen molar-refractivity contribution in [3.8, 4) is 0 Å². The summed E-state index contributed by atoms with van der Waals surface area (Å²) >= 11 is 0. The summed E-state index contributed by atoms with van der Waals surface area (Å²) < 4.78 is 5.36. The Bertz CT molecular complexity index is 495. The molecular weight excluding hydrogens is 457 g/mol. The summed E-state index contributed by atoms with van der Waals surface area (Å²) in [6, 6.07) is 0.106. The Kier molecular flexibility index (Phi) is 10.1. The summed E-state index contributed by atoms with van der Waals surface area (Å²) in [6.45, 7) is 13.5. The summed E-state index contributed by atoms with van der Waals surface area (Å²) in [5, 5.41) is 6.39. The summed E-state index contributed by atoms with van der Waals surface area (Å²) in [7, 11) is 2.19. The lowest BCUT2D eigenvalue weighted by Gasteiger charge is -2.29. The molecule has 2 atom stereocenters. The third-order valence-electron chi connectivity index (χ3n) is 4.76. The molecule has 8 heteroatoms. The zero-order chi connectivity index (χ0) is 19.2. The molecule has 2 saturated heterocycles. The van der Waals surface area contributed by atoms with Crippen molar-refractivity contribution < 1.29 is 9.53 Å². The lowest BCUT2D eigenvalue weighted by molar-refractivity contribution is 0.0507. The first-order chi connectivity index (χ1) is 12.3. The van der Waals surface area contributed by atoms with Gasteiger partial charge in [0.15, 0.2) is 5.96 Å². The summed E-state index contributed by atoms with van der Waals surface area (Å²) in [6.07, 6.45) is 3.10. The number of guanidine groups is 1. The van der Waals surface area contributed by atoms with E-state index in [2.05, 4.69) is 34.4 Å². The first-order valence-corrected chi connectivity index (χ1v) is 9.98. The molecule has 2 heterocycles. The molecule has 0 radical (unpaired) electrons. The standard InChI is InChI=1S/C19H37N5O2.HI/c1-6-20-17(21-12-15-8-7-10-23(5)13-15)24-11-9-16(14-24)22-18(25)26-19(2,3)4;/h15-16H,6-14H2,1-5H3,(H,20,21)(H,22,25);1H. The number of halogens is 1. The van der Waals surface area contributed by atoms with Crippen LogP contribution in [0.2, 0.25) is 0 Å². The zero-order valence-corrected chi connectivity index (χ0v) is 19.9. The van der Waals surface area contributed by atoms with E-state index >= 15 is 0 Å². The first-order valence-electron chi connectivity index (χ1n) is 9.98. The van der Waals surface area contributed by atoms with Crippen LogP contribution in [0.4, 0.5) is 4.79 Å². The molecular formula is C19H38IN5O2. The smallest absolute Gasteiger partial charge is 0.407 e. The quantitative estimate of drug-likeness (QED) is 0.357. The molecule has 2 fully saturated rings. The van der Waals surface area contributed by atoms with E-state index in [1.54, 1.807) is 0 Å². The normalized spacial score (nSPS) is 24.3. The maximum Gasteiger partial charge on any atom is 0.407 e. The Hall–Kier alpha value is -0.770. The van der Waals surface area contributed by atoms with Gasteiger partial charge in [-0.2, -0.15) is 0 Å². The van der Waals surface area contributed by atoms with E-state index in [0.29, 0.717) is 5.92 Å². The number of hydrogen-bond donors (Lipinski definition) is 2. The Morgan fingerprint density at radius 1 is 1.22 bits per heavy atom. The molecule has 1 amide bonds. The van der Waals surface area contributed by atoms with E-state index in [1.807, 2.05) is 20.8 Å². The fourth-order valence-electron chi connectivity index (χ4n) is 3.61. The van der Waals surface area contributed by atoms with Gasteiger partial charge in [-0.25, -0.2) is 4.79 Å². The summed E-state index contributed by atoms with van der Waals surface area (Å²) in [4.78, 5) is 21.5. The van der Waals surface area contributed by atoms with E-state index in [0.717, 1.165) is 45.1 Å². The topological polar surface area (TPSA) is 69.2 Å². The second-order valence-electron chi connectivity index (χ2n) is 8.54. The van der Waals surface area contributed by atoms with Crippen molar-refractivity contribution in [3.05, 3.63) is 0 Å². The molecule has 2 rings (SSSR count). The largest absolute Gasteiger partial charge is 0.444 e. The lowest BCUT2D eigenvalue weighted by atomic mass is 9.99. The highest BCUT2D eigenvalue weighted by Gasteiger charge is 2.28. The van der Waals surface area contributed by atoms with Crippen molar-refractivity contribution in [2.24, 2.45) is 10.9 Å². The molecule has 0 aromatic carbocycles. The van der Waals surface area contributed by atoms with Crippen LogP contribution in [0.1, 0.15) is 47.0 Å². The highest BCUT2D eigenvalue weighted by Crippen LogP contribution is 2.16. The SMILES string of the molecule is CCNC(=NCC1CCCN(C)C1)N1CCC(NC(=O)OC(C)(C)C)C1.I. The van der Waals surface area contributed by atoms with Crippen LogP contribution >= 0.6 is 24.0 Å². The number of amides is 1. The molecule has 0 bridgehead atoms. The van der Waals surface area contributed by atoms with Crippen LogP contribution in [0, 0.1) is 5.92 Å². The number of carbonyl (C=O) groups is 1. The van der Waals surface area contributed by atoms with Crippen molar-refractivity contribution in [2.75, 3.05) is 46.3 Å². The summed E-state index contributed by atoms with van der Waals surface area (Å²) in [5.74, 6) is 1.61. The van der Waals surface area contributed by atoms with Gasteiger partial charge < -0.3 is 25.2 Å². The van der Waals surface area contributed by atoms with Crippen molar-refractivity contribution in [3.63, 3.8) is 0 Å². The van der Waals surface area contributed by atoms with Crippen molar-refractivity contribution in [1.82, 2.24) is 20.4 Å². The van der Waals surface area contributed by atoms with Crippen molar-refractivity contribution in [2.45, 2.75) is 58.6 Å². The fourth-order valence-corrected chi connectivity index (χ4v) is 3.61. The van der Waals surface area contributed by atoms with Gasteiger partial charge in [0.2, 0.25) is 0 Å². The van der Waals surface area contributed by atoms with Gasteiger partial charge in [0.05, 0.1) is 6.04 Å². The molecule has 0 aromatic rings. The maximum absolute atomic E-state index is 12.0. The number of carbonyl (C=O) groups excluding carboxylic acids is 1. The van der Waals surface area contributed by atoms with E-state index in [1.165, 1.54) is 19.4 Å². The molecule has 2 unspecified atom stereocenters. The predicted octanol–water partition coefficient (Wildman–Crippen LogP) is 2.51. The van der Waals surface area contributed by atoms with Gasteiger partial charge in [0, 0.05) is 32.7 Å². The second-order valence-corrected chi connectivity index (χ2v) is 8.54. The van der Waals surface area contributed by atoms with Gasteiger partial charge in [-0.3, -0.25) is 4.99 Å². The minimum Gasteiger partial charge on any atom is -0.444 e. The Morgan fingerprint density at radius 2 is 1.96 bits per heavy atom. The van der Waals surface area contributed by atoms with Gasteiger partial charge in [0.1, 0.15) is 5.60 Å². The number of piperidine rings is 1. The number of aliphatic imine (C=N–C) groups is 1. The predicted molar refractivity (Wildman–Crippen MR) is 121 cm³/mol. The van der Waals surface area contributed by atoms with Crippen LogP contribution in [0.25, 0.3) is 0 Å². The summed E-state index contributed by atoms with van der Waals surface area (Å²) in [5.41, 5.74) is -0.466. The second kappa shape index (κ2) is 11.3. The van der Waals surface area contributed by atoms with E-state index in [9.17, 15) is 4.79 Å². The molecule has 0 aliphatic carbocycles. The molecule has 2 aliphatic rings. The Morgan fingerprint density at radius 3 is 2.59 bits per heavy atom. The van der Waals surface area contributed by atoms with Gasteiger partial charge in [-0.15, -0.1) is 24.0 Å². The average molecular weight is 495 g/mol. The van der Waals surface area contributed by atoms with E-state index in [-0.39, 0.29) is 36.1 Å². The molecule has 2 N–H and O–H groups in total. The third kappa shape index (κ3) is 8.85. The Labute approximate surface area is 181 Å². The number of likely N-dealkylation sites (tertiary alicyclic amines) is 2. The van der Waals surface area contributed by atoms with Crippen LogP contribution in [0.5, 0.6) is 0 Å². The van der Waals surface area contributed by atoms with E-state index in [4.69, 9.17) is 9.73 Å². The van der Waals surface area contributed by atoms with Crippen LogP contribution in [0.3, 0.4) is 0 Å². The molecule has 7 nitrogen and oxygen atoms in total. The molecule has 2 aliphatic heterocycles. The number of hydrogen-bond acceptors (Lipinski definition) is 4. The number of nitrogens with zero attached hydrogens (tertiary/aromatic N) is 3. The molecule has 27 heavy (non-hydrogen) atoms. The minimum atomic E-state index is -0.466. The molecule has 158 valence electrons. The number of alkyl carbamates (subject to hydrolysis) is 1. The van der Waals surface area contributed by atoms with Gasteiger partial charge in [0.25, 0.3) is 0 Å². The minimum absolute atomic E-state index is 0.